The van der Waals surface area contributed by atoms with E-state index in [2.05, 4.69) is 15.3 Å². The Bertz CT molecular complexity index is 1130. The lowest BCUT2D eigenvalue weighted by Crippen LogP contribution is -2.07. The van der Waals surface area contributed by atoms with Crippen LogP contribution in [0.1, 0.15) is 5.56 Å². The summed E-state index contributed by atoms with van der Waals surface area (Å²) in [4.78, 5) is 8.31. The van der Waals surface area contributed by atoms with Crippen LogP contribution in [0.3, 0.4) is 0 Å². The molecule has 0 bridgehead atoms. The summed E-state index contributed by atoms with van der Waals surface area (Å²) >= 11 is 0. The fourth-order valence-corrected chi connectivity index (χ4v) is 3.07. The average molecular weight is 379 g/mol. The third-order valence-corrected chi connectivity index (χ3v) is 4.52. The van der Waals surface area contributed by atoms with E-state index in [9.17, 15) is 13.2 Å². The number of anilines is 1. The largest absolute Gasteiger partial charge is 0.369 e. The monoisotopic (exact) mass is 379 g/mol. The van der Waals surface area contributed by atoms with Crippen LogP contribution < -0.4 is 5.32 Å². The zero-order valence-corrected chi connectivity index (χ0v) is 14.8. The minimum atomic E-state index is -0.862. The molecule has 0 aliphatic rings. The van der Waals surface area contributed by atoms with Gasteiger partial charge in [0.25, 0.3) is 0 Å². The number of hydrogen-bond acceptors (Lipinski definition) is 3. The Kier molecular flexibility index (Phi) is 4.93. The van der Waals surface area contributed by atoms with Gasteiger partial charge in [-0.15, -0.1) is 0 Å². The lowest BCUT2D eigenvalue weighted by atomic mass is 10.0. The number of nitrogens with zero attached hydrogens (tertiary/aromatic N) is 2. The molecule has 0 atom stereocenters. The zero-order chi connectivity index (χ0) is 19.5. The predicted octanol–water partition coefficient (Wildman–Crippen LogP) is 5.37. The van der Waals surface area contributed by atoms with Crippen molar-refractivity contribution >= 4 is 16.7 Å². The van der Waals surface area contributed by atoms with E-state index >= 15 is 0 Å². The van der Waals surface area contributed by atoms with Crippen molar-refractivity contribution in [2.45, 2.75) is 6.42 Å². The summed E-state index contributed by atoms with van der Waals surface area (Å²) in [7, 11) is 0. The van der Waals surface area contributed by atoms with Gasteiger partial charge in [0.2, 0.25) is 0 Å². The quantitative estimate of drug-likeness (QED) is 0.507. The Labute approximate surface area is 159 Å². The SMILES string of the molecule is Fc1ccc2ncnc(NCCc3ccc(-c4cccc(F)c4F)cc3)c2c1. The second-order valence-corrected chi connectivity index (χ2v) is 6.36. The molecule has 3 aromatic carbocycles. The highest BCUT2D eigenvalue weighted by molar-refractivity contribution is 5.88. The summed E-state index contributed by atoms with van der Waals surface area (Å²) in [6.07, 6.45) is 2.12. The van der Waals surface area contributed by atoms with Gasteiger partial charge >= 0.3 is 0 Å². The summed E-state index contributed by atoms with van der Waals surface area (Å²) in [5.41, 5.74) is 2.54. The van der Waals surface area contributed by atoms with Gasteiger partial charge in [-0.1, -0.05) is 36.4 Å². The molecule has 0 amide bonds. The fourth-order valence-electron chi connectivity index (χ4n) is 3.07. The van der Waals surface area contributed by atoms with Crippen molar-refractivity contribution in [3.63, 3.8) is 0 Å². The van der Waals surface area contributed by atoms with Gasteiger partial charge in [0, 0.05) is 17.5 Å². The van der Waals surface area contributed by atoms with E-state index in [1.165, 1.54) is 24.5 Å². The summed E-state index contributed by atoms with van der Waals surface area (Å²) in [5.74, 6) is -1.48. The maximum absolute atomic E-state index is 13.9. The van der Waals surface area contributed by atoms with Crippen molar-refractivity contribution in [3.8, 4) is 11.1 Å². The van der Waals surface area contributed by atoms with Gasteiger partial charge in [0.15, 0.2) is 11.6 Å². The number of halogens is 3. The molecule has 0 spiro atoms. The first-order chi connectivity index (χ1) is 13.6. The molecular weight excluding hydrogens is 363 g/mol. The summed E-state index contributed by atoms with van der Waals surface area (Å²) in [5, 5.41) is 3.82. The van der Waals surface area contributed by atoms with E-state index in [0.717, 1.165) is 11.6 Å². The van der Waals surface area contributed by atoms with E-state index in [1.54, 1.807) is 24.3 Å². The molecule has 6 heteroatoms. The minimum absolute atomic E-state index is 0.235. The van der Waals surface area contributed by atoms with Crippen LogP contribution in [0.5, 0.6) is 0 Å². The van der Waals surface area contributed by atoms with Gasteiger partial charge in [-0.05, 0) is 41.8 Å². The van der Waals surface area contributed by atoms with Crippen molar-refractivity contribution in [3.05, 3.63) is 90.0 Å². The van der Waals surface area contributed by atoms with Crippen molar-refractivity contribution in [1.29, 1.82) is 0 Å². The first-order valence-electron chi connectivity index (χ1n) is 8.79. The second-order valence-electron chi connectivity index (χ2n) is 6.36. The minimum Gasteiger partial charge on any atom is -0.369 e. The molecule has 0 radical (unpaired) electrons. The highest BCUT2D eigenvalue weighted by atomic mass is 19.2. The Morgan fingerprint density at radius 1 is 0.857 bits per heavy atom. The molecule has 0 saturated heterocycles. The molecule has 28 heavy (non-hydrogen) atoms. The first-order valence-corrected chi connectivity index (χ1v) is 8.79. The number of nitrogens with one attached hydrogen (secondary N) is 1. The molecular formula is C22H16F3N3. The van der Waals surface area contributed by atoms with Crippen LogP contribution in [-0.4, -0.2) is 16.5 Å². The fraction of sp³-hybridized carbons (Fsp3) is 0.0909. The predicted molar refractivity (Wildman–Crippen MR) is 103 cm³/mol. The summed E-state index contributed by atoms with van der Waals surface area (Å²) in [6.45, 7) is 0.580. The smallest absolute Gasteiger partial charge is 0.166 e. The normalized spacial score (nSPS) is 11.0. The molecule has 3 nitrogen and oxygen atoms in total. The van der Waals surface area contributed by atoms with Crippen molar-refractivity contribution < 1.29 is 13.2 Å². The molecule has 4 rings (SSSR count). The molecule has 0 unspecified atom stereocenters. The Morgan fingerprint density at radius 2 is 1.68 bits per heavy atom. The Hall–Kier alpha value is -3.41. The van der Waals surface area contributed by atoms with E-state index in [1.807, 2.05) is 12.1 Å². The van der Waals surface area contributed by atoms with E-state index in [0.29, 0.717) is 35.2 Å². The van der Waals surface area contributed by atoms with Crippen molar-refractivity contribution in [2.75, 3.05) is 11.9 Å². The van der Waals surface area contributed by atoms with Crippen LogP contribution in [-0.2, 0) is 6.42 Å². The van der Waals surface area contributed by atoms with Gasteiger partial charge in [-0.2, -0.15) is 0 Å². The molecule has 0 saturated carbocycles. The topological polar surface area (TPSA) is 37.8 Å². The van der Waals surface area contributed by atoms with Crippen LogP contribution in [0, 0.1) is 17.5 Å². The molecule has 140 valence electrons. The van der Waals surface area contributed by atoms with E-state index in [4.69, 9.17) is 0 Å². The molecule has 0 aliphatic heterocycles. The third kappa shape index (κ3) is 3.67. The Balaban J connectivity index is 1.45. The maximum atomic E-state index is 13.9. The molecule has 0 aliphatic carbocycles. The van der Waals surface area contributed by atoms with Crippen LogP contribution >= 0.6 is 0 Å². The third-order valence-electron chi connectivity index (χ3n) is 4.52. The molecule has 1 aromatic heterocycles. The highest BCUT2D eigenvalue weighted by Crippen LogP contribution is 2.25. The van der Waals surface area contributed by atoms with Gasteiger partial charge in [-0.3, -0.25) is 0 Å². The van der Waals surface area contributed by atoms with Crippen LogP contribution in [0.15, 0.2) is 67.0 Å². The van der Waals surface area contributed by atoms with Crippen LogP contribution in [0.4, 0.5) is 19.0 Å². The van der Waals surface area contributed by atoms with Crippen molar-refractivity contribution in [2.24, 2.45) is 0 Å². The molecule has 4 aromatic rings. The summed E-state index contributed by atoms with van der Waals surface area (Å²) in [6, 6.07) is 15.8. The number of benzene rings is 3. The number of aromatic nitrogens is 2. The Morgan fingerprint density at radius 3 is 2.50 bits per heavy atom. The highest BCUT2D eigenvalue weighted by Gasteiger charge is 2.09. The van der Waals surface area contributed by atoms with Gasteiger partial charge in [0.1, 0.15) is 18.0 Å². The van der Waals surface area contributed by atoms with Crippen LogP contribution in [0.25, 0.3) is 22.0 Å². The average Bonchev–Trinajstić information content (AvgIpc) is 2.71. The first kappa shape index (κ1) is 18.0. The van der Waals surface area contributed by atoms with E-state index < -0.39 is 11.6 Å². The number of rotatable bonds is 5. The molecule has 1 heterocycles. The second kappa shape index (κ2) is 7.68. The van der Waals surface area contributed by atoms with E-state index in [-0.39, 0.29) is 11.4 Å². The van der Waals surface area contributed by atoms with Crippen molar-refractivity contribution in [1.82, 2.24) is 9.97 Å². The zero-order valence-electron chi connectivity index (χ0n) is 14.8. The van der Waals surface area contributed by atoms with Crippen LogP contribution in [0.2, 0.25) is 0 Å². The number of fused-ring (bicyclic) bond motifs is 1. The number of hydrogen-bond donors (Lipinski definition) is 1. The summed E-state index contributed by atoms with van der Waals surface area (Å²) < 4.78 is 40.8. The maximum Gasteiger partial charge on any atom is 0.166 e. The molecule has 1 N–H and O–H groups in total. The molecule has 0 fully saturated rings. The van der Waals surface area contributed by atoms with Gasteiger partial charge in [-0.25, -0.2) is 23.1 Å². The van der Waals surface area contributed by atoms with Gasteiger partial charge < -0.3 is 5.32 Å². The van der Waals surface area contributed by atoms with Gasteiger partial charge in [0.05, 0.1) is 5.52 Å². The lowest BCUT2D eigenvalue weighted by molar-refractivity contribution is 0.511. The lowest BCUT2D eigenvalue weighted by Gasteiger charge is -2.09. The standard InChI is InChI=1S/C22H16F3N3/c23-16-8-9-20-18(12-16)22(28-13-27-20)26-11-10-14-4-6-15(7-5-14)17-2-1-3-19(24)21(17)25/h1-9,12-13H,10-11H2,(H,26,27,28).